The molecule has 10 heteroatoms. The van der Waals surface area contributed by atoms with Gasteiger partial charge in [-0.15, -0.1) is 0 Å². The molecule has 1 aliphatic heterocycles. The van der Waals surface area contributed by atoms with Crippen LogP contribution in [0.25, 0.3) is 0 Å². The maximum absolute atomic E-state index is 14.0. The molecule has 0 saturated heterocycles. The van der Waals surface area contributed by atoms with Gasteiger partial charge in [0, 0.05) is 35.7 Å². The molecule has 1 amide bonds. The molecule has 0 aromatic heterocycles. The van der Waals surface area contributed by atoms with Crippen LogP contribution in [-0.2, 0) is 26.5 Å². The number of alkyl halides is 3. The van der Waals surface area contributed by atoms with Gasteiger partial charge in [-0.05, 0) is 29.3 Å². The Balaban J connectivity index is 1.80. The average molecular weight is 461 g/mol. The molecule has 1 atom stereocenters. The van der Waals surface area contributed by atoms with E-state index in [1.807, 2.05) is 0 Å². The largest absolute Gasteiger partial charge is 0.435 e. The Morgan fingerprint density at radius 1 is 1.20 bits per heavy atom. The standard InChI is InChI=1S/C20H17Cl2F3N2O3/c1-29-11-18(28)26-10-12-2-4-13(5-3-12)17-9-19(30-27-17,20(23,24)25)14-6-15(21)8-16(22)7-14/h2-8H,9-11H2,1H3,(H,26,28). The highest BCUT2D eigenvalue weighted by molar-refractivity contribution is 6.34. The van der Waals surface area contributed by atoms with Gasteiger partial charge < -0.3 is 14.9 Å². The predicted octanol–water partition coefficient (Wildman–Crippen LogP) is 4.84. The summed E-state index contributed by atoms with van der Waals surface area (Å²) >= 11 is 11.8. The quantitative estimate of drug-likeness (QED) is 0.670. The van der Waals surface area contributed by atoms with Crippen LogP contribution in [0.4, 0.5) is 13.2 Å². The molecule has 3 rings (SSSR count). The molecule has 0 aliphatic carbocycles. The first-order valence-electron chi connectivity index (χ1n) is 8.78. The number of ether oxygens (including phenoxy) is 1. The third-order valence-corrected chi connectivity index (χ3v) is 5.00. The smallest absolute Gasteiger partial charge is 0.375 e. The molecule has 1 aliphatic rings. The molecule has 2 aromatic carbocycles. The number of hydrogen-bond acceptors (Lipinski definition) is 4. The van der Waals surface area contributed by atoms with Gasteiger partial charge in [-0.1, -0.05) is 52.6 Å². The van der Waals surface area contributed by atoms with Crippen molar-refractivity contribution in [1.29, 1.82) is 0 Å². The van der Waals surface area contributed by atoms with Crippen LogP contribution >= 0.6 is 23.2 Å². The SMILES string of the molecule is COCC(=O)NCc1ccc(C2=NOC(c3cc(Cl)cc(Cl)c3)(C(F)(F)F)C2)cc1. The molecule has 0 saturated carbocycles. The molecule has 1 unspecified atom stereocenters. The molecule has 0 spiro atoms. The number of amides is 1. The summed E-state index contributed by atoms with van der Waals surface area (Å²) in [5.41, 5.74) is -1.52. The van der Waals surface area contributed by atoms with E-state index in [2.05, 4.69) is 10.5 Å². The minimum atomic E-state index is -4.75. The first-order valence-corrected chi connectivity index (χ1v) is 9.53. The topological polar surface area (TPSA) is 59.9 Å². The number of methoxy groups -OCH3 is 1. The van der Waals surface area contributed by atoms with E-state index >= 15 is 0 Å². The maximum Gasteiger partial charge on any atom is 0.435 e. The summed E-state index contributed by atoms with van der Waals surface area (Å²) in [6, 6.07) is 10.3. The Hall–Kier alpha value is -2.29. The molecule has 0 fully saturated rings. The number of nitrogens with one attached hydrogen (secondary N) is 1. The Morgan fingerprint density at radius 3 is 2.40 bits per heavy atom. The summed E-state index contributed by atoms with van der Waals surface area (Å²) in [6.07, 6.45) is -5.28. The summed E-state index contributed by atoms with van der Waals surface area (Å²) in [5, 5.41) is 6.51. The molecule has 1 N–H and O–H groups in total. The second-order valence-corrected chi connectivity index (χ2v) is 7.57. The molecular formula is C20H17Cl2F3N2O3. The Kier molecular flexibility index (Phi) is 6.59. The van der Waals surface area contributed by atoms with Crippen molar-refractivity contribution in [2.45, 2.75) is 24.7 Å². The number of nitrogens with zero attached hydrogens (tertiary/aromatic N) is 1. The summed E-state index contributed by atoms with van der Waals surface area (Å²) in [7, 11) is 1.41. The van der Waals surface area contributed by atoms with Crippen LogP contribution in [0.5, 0.6) is 0 Å². The van der Waals surface area contributed by atoms with E-state index in [9.17, 15) is 18.0 Å². The number of carbonyl (C=O) groups excluding carboxylic acids is 1. The Labute approximate surface area is 180 Å². The van der Waals surface area contributed by atoms with Gasteiger partial charge in [0.2, 0.25) is 5.91 Å². The van der Waals surface area contributed by atoms with Gasteiger partial charge in [-0.25, -0.2) is 0 Å². The molecule has 5 nitrogen and oxygen atoms in total. The summed E-state index contributed by atoms with van der Waals surface area (Å²) in [6.45, 7) is 0.207. The van der Waals surface area contributed by atoms with Crippen LogP contribution < -0.4 is 5.32 Å². The first kappa shape index (κ1) is 22.4. The van der Waals surface area contributed by atoms with Gasteiger partial charge in [0.05, 0.1) is 5.71 Å². The number of oxime groups is 1. The van der Waals surface area contributed by atoms with E-state index in [4.69, 9.17) is 32.8 Å². The first-order chi connectivity index (χ1) is 14.1. The summed E-state index contributed by atoms with van der Waals surface area (Å²) in [4.78, 5) is 16.4. The lowest BCUT2D eigenvalue weighted by Crippen LogP contribution is -2.42. The Bertz CT molecular complexity index is 945. The lowest BCUT2D eigenvalue weighted by Gasteiger charge is -2.29. The fourth-order valence-corrected chi connectivity index (χ4v) is 3.57. The molecule has 1 heterocycles. The van der Waals surface area contributed by atoms with E-state index in [1.165, 1.54) is 25.3 Å². The normalized spacial score (nSPS) is 18.7. The van der Waals surface area contributed by atoms with Crippen molar-refractivity contribution < 1.29 is 27.5 Å². The monoisotopic (exact) mass is 460 g/mol. The zero-order chi connectivity index (χ0) is 21.9. The fraction of sp³-hybridized carbons (Fsp3) is 0.300. The van der Waals surface area contributed by atoms with Crippen LogP contribution in [0, 0.1) is 0 Å². The van der Waals surface area contributed by atoms with E-state index in [-0.39, 0.29) is 40.4 Å². The number of carbonyl (C=O) groups is 1. The second-order valence-electron chi connectivity index (χ2n) is 6.70. The Morgan fingerprint density at radius 2 is 1.83 bits per heavy atom. The fourth-order valence-electron chi connectivity index (χ4n) is 3.04. The minimum absolute atomic E-state index is 0.0563. The highest BCUT2D eigenvalue weighted by Gasteiger charge is 2.62. The zero-order valence-electron chi connectivity index (χ0n) is 15.7. The van der Waals surface area contributed by atoms with Crippen molar-refractivity contribution in [3.63, 3.8) is 0 Å². The van der Waals surface area contributed by atoms with Crippen molar-refractivity contribution in [1.82, 2.24) is 5.32 Å². The number of benzene rings is 2. The molecule has 2 aromatic rings. The van der Waals surface area contributed by atoms with Gasteiger partial charge in [-0.2, -0.15) is 13.2 Å². The van der Waals surface area contributed by atoms with E-state index in [0.29, 0.717) is 5.56 Å². The summed E-state index contributed by atoms with van der Waals surface area (Å²) in [5.74, 6) is -0.273. The lowest BCUT2D eigenvalue weighted by atomic mass is 9.86. The molecule has 0 bridgehead atoms. The predicted molar refractivity (Wildman–Crippen MR) is 107 cm³/mol. The van der Waals surface area contributed by atoms with Crippen molar-refractivity contribution >= 4 is 34.8 Å². The van der Waals surface area contributed by atoms with Crippen molar-refractivity contribution in [3.05, 3.63) is 69.2 Å². The van der Waals surface area contributed by atoms with Crippen molar-refractivity contribution in [2.75, 3.05) is 13.7 Å². The molecule has 0 radical (unpaired) electrons. The van der Waals surface area contributed by atoms with Crippen LogP contribution in [0.15, 0.2) is 47.6 Å². The number of halogens is 5. The van der Waals surface area contributed by atoms with Crippen molar-refractivity contribution in [2.24, 2.45) is 5.16 Å². The van der Waals surface area contributed by atoms with Crippen LogP contribution in [-0.4, -0.2) is 31.5 Å². The molecular weight excluding hydrogens is 444 g/mol. The highest BCUT2D eigenvalue weighted by Crippen LogP contribution is 2.49. The van der Waals surface area contributed by atoms with Crippen LogP contribution in [0.1, 0.15) is 23.1 Å². The van der Waals surface area contributed by atoms with Gasteiger partial charge in [0.25, 0.3) is 5.60 Å². The lowest BCUT2D eigenvalue weighted by molar-refractivity contribution is -0.275. The van der Waals surface area contributed by atoms with Gasteiger partial charge >= 0.3 is 6.18 Å². The van der Waals surface area contributed by atoms with Crippen LogP contribution in [0.2, 0.25) is 10.0 Å². The van der Waals surface area contributed by atoms with E-state index < -0.39 is 18.2 Å². The van der Waals surface area contributed by atoms with E-state index in [0.717, 1.165) is 5.56 Å². The number of rotatable bonds is 6. The van der Waals surface area contributed by atoms with E-state index in [1.54, 1.807) is 24.3 Å². The molecule has 30 heavy (non-hydrogen) atoms. The third kappa shape index (κ3) is 4.71. The van der Waals surface area contributed by atoms with Gasteiger partial charge in [0.15, 0.2) is 0 Å². The minimum Gasteiger partial charge on any atom is -0.375 e. The molecule has 160 valence electrons. The average Bonchev–Trinajstić information content (AvgIpc) is 3.13. The maximum atomic E-state index is 14.0. The van der Waals surface area contributed by atoms with Crippen molar-refractivity contribution in [3.8, 4) is 0 Å². The summed E-state index contributed by atoms with van der Waals surface area (Å²) < 4.78 is 46.8. The van der Waals surface area contributed by atoms with Gasteiger partial charge in [0.1, 0.15) is 6.61 Å². The second kappa shape index (κ2) is 8.83. The zero-order valence-corrected chi connectivity index (χ0v) is 17.2. The third-order valence-electron chi connectivity index (χ3n) is 4.57. The highest BCUT2D eigenvalue weighted by atomic mass is 35.5. The van der Waals surface area contributed by atoms with Gasteiger partial charge in [-0.3, -0.25) is 4.79 Å². The van der Waals surface area contributed by atoms with Crippen LogP contribution in [0.3, 0.4) is 0 Å². The number of hydrogen-bond donors (Lipinski definition) is 1.